The van der Waals surface area contributed by atoms with Gasteiger partial charge in [-0.2, -0.15) is 0 Å². The second-order valence-electron chi connectivity index (χ2n) is 27.3. The summed E-state index contributed by atoms with van der Waals surface area (Å²) in [7, 11) is 0. The van der Waals surface area contributed by atoms with Gasteiger partial charge in [-0.15, -0.1) is 0 Å². The topological polar surface area (TPSA) is 12.0 Å². The molecule has 512 valence electrons. The molecule has 1 nitrogen and oxygen atoms in total. The van der Waals surface area contributed by atoms with Gasteiger partial charge in [0, 0.05) is 12.2 Å². The lowest BCUT2D eigenvalue weighted by molar-refractivity contribution is 0.529. The van der Waals surface area contributed by atoms with Crippen molar-refractivity contribution < 1.29 is 0 Å². The largest absolute Gasteiger partial charge is 0.381 e. The van der Waals surface area contributed by atoms with Crippen LogP contribution in [0, 0.1) is 12.8 Å². The van der Waals surface area contributed by atoms with E-state index in [1.54, 1.807) is 0 Å². The van der Waals surface area contributed by atoms with Crippen LogP contribution in [0.25, 0.3) is 0 Å². The van der Waals surface area contributed by atoms with Crippen molar-refractivity contribution in [2.24, 2.45) is 5.92 Å². The maximum absolute atomic E-state index is 3.39. The van der Waals surface area contributed by atoms with Crippen LogP contribution >= 0.6 is 0 Å². The number of hydrogen-bond donors (Lipinski definition) is 1. The van der Waals surface area contributed by atoms with Crippen molar-refractivity contribution in [3.8, 4) is 0 Å². The standard InChI is InChI=1S/C19H40.C17H36.C14H20.C14H30.C13H19N.C9H18/c1-3-5-7-9-11-13-15-17-19-18-16-14-12-10-8-6-4-2;1-3-5-7-9-11-13-15-17-16-14-12-10-8-6-4-2;1-4-5-7-12(2)10-14-9-6-8-13(3)11-14;1-3-5-7-9-11-13-14-12-10-8-6-4-2;1-3-4-8-12(2)11-14-13-9-6-5-7-10-13;1-8(2)6-5-7-9(3)4/h3-19H2,1-2H3;3-17H2,1-2H3;6-9,11H,4-5,10H2,1-3H3;3-14H2,1-2H3;5-10,14H,3-4,11H2,1-2H3;6,9H,5,7H2,1-4H3/b;;12-7+;;12-8+;. The maximum atomic E-state index is 3.39. The minimum atomic E-state index is 0.848. The molecule has 1 N–H and O–H groups in total. The molecule has 0 aliphatic heterocycles. The lowest BCUT2D eigenvalue weighted by Gasteiger charge is -2.05. The number of nitrogens with one attached hydrogen (secondary N) is 1. The fraction of sp³-hybridized carbons (Fsp3) is 0.791. The van der Waals surface area contributed by atoms with E-state index in [-0.39, 0.29) is 0 Å². The van der Waals surface area contributed by atoms with Crippen LogP contribution < -0.4 is 5.32 Å². The predicted molar refractivity (Wildman–Crippen MR) is 408 cm³/mol. The fourth-order valence-electron chi connectivity index (χ4n) is 10.7. The third kappa shape index (κ3) is 87.7. The number of hydrogen-bond acceptors (Lipinski definition) is 1. The van der Waals surface area contributed by atoms with E-state index in [1.165, 1.54) is 355 Å². The lowest BCUT2D eigenvalue weighted by atomic mass is 10.0. The van der Waals surface area contributed by atoms with E-state index in [9.17, 15) is 0 Å². The highest BCUT2D eigenvalue weighted by Gasteiger charge is 1.99. The summed E-state index contributed by atoms with van der Waals surface area (Å²) in [5.74, 6) is 0.848. The molecule has 0 fully saturated rings. The molecular weight excluding hydrogens is 1050 g/mol. The van der Waals surface area contributed by atoms with E-state index in [4.69, 9.17) is 0 Å². The molecule has 0 spiro atoms. The van der Waals surface area contributed by atoms with Gasteiger partial charge in [0.25, 0.3) is 0 Å². The second-order valence-corrected chi connectivity index (χ2v) is 27.3. The van der Waals surface area contributed by atoms with Crippen LogP contribution in [0.15, 0.2) is 89.5 Å². The van der Waals surface area contributed by atoms with Gasteiger partial charge in [-0.1, -0.05) is 448 Å². The summed E-state index contributed by atoms with van der Waals surface area (Å²) >= 11 is 0. The molecule has 0 aliphatic carbocycles. The van der Waals surface area contributed by atoms with E-state index < -0.39 is 0 Å². The summed E-state index contributed by atoms with van der Waals surface area (Å²) in [6.07, 6.45) is 79.7. The van der Waals surface area contributed by atoms with Crippen LogP contribution in [0.2, 0.25) is 0 Å². The van der Waals surface area contributed by atoms with Gasteiger partial charge in [0.15, 0.2) is 0 Å². The molecule has 1 heteroatoms. The van der Waals surface area contributed by atoms with Crippen molar-refractivity contribution in [2.75, 3.05) is 11.9 Å². The number of benzene rings is 2. The number of rotatable bonds is 53. The number of allylic oxidation sites excluding steroid dienone is 5. The highest BCUT2D eigenvalue weighted by atomic mass is 14.9. The molecule has 0 aromatic heterocycles. The van der Waals surface area contributed by atoms with Gasteiger partial charge in [0.1, 0.15) is 0 Å². The van der Waals surface area contributed by atoms with Gasteiger partial charge in [-0.3, -0.25) is 0 Å². The predicted octanol–water partition coefficient (Wildman–Crippen LogP) is 31.8. The van der Waals surface area contributed by atoms with E-state index >= 15 is 0 Å². The van der Waals surface area contributed by atoms with Gasteiger partial charge >= 0.3 is 0 Å². The highest BCUT2D eigenvalue weighted by Crippen LogP contribution is 2.17. The van der Waals surface area contributed by atoms with Crippen LogP contribution in [0.5, 0.6) is 0 Å². The summed E-state index contributed by atoms with van der Waals surface area (Å²) in [4.78, 5) is 0. The number of aryl methyl sites for hydroxylation is 1. The third-order valence-corrected chi connectivity index (χ3v) is 16.6. The SMILES string of the molecule is CC(C)=CCCC(C)C.CCC/C=C(\C)CNc1ccccc1.CCC/C=C(\C)Cc1cccc(C)c1.CCCCCCCCCCCCCC.CCCCCCCCCCCCCCCCC.CCCCCCCCCCCCCCCCCCC. The van der Waals surface area contributed by atoms with Crippen molar-refractivity contribution in [3.05, 3.63) is 101 Å². The molecule has 0 saturated heterocycles. The van der Waals surface area contributed by atoms with Gasteiger partial charge in [-0.05, 0) is 90.3 Å². The molecule has 0 amide bonds. The summed E-state index contributed by atoms with van der Waals surface area (Å²) in [6.45, 7) is 34.5. The van der Waals surface area contributed by atoms with E-state index in [0.29, 0.717) is 0 Å². The number of unbranched alkanes of at least 4 members (excludes halogenated alkanes) is 43. The Balaban J connectivity index is -0.000000480. The average molecular weight is 1210 g/mol. The first-order chi connectivity index (χ1) is 42.4. The Labute approximate surface area is 552 Å². The highest BCUT2D eigenvalue weighted by molar-refractivity contribution is 5.43. The lowest BCUT2D eigenvalue weighted by Crippen LogP contribution is -2.02. The molecular formula is C86H163N. The summed E-state index contributed by atoms with van der Waals surface area (Å²) in [5, 5.41) is 3.39. The number of para-hydroxylation sites is 1. The van der Waals surface area contributed by atoms with Crippen LogP contribution in [0.4, 0.5) is 5.69 Å². The first-order valence-corrected chi connectivity index (χ1v) is 39.2. The van der Waals surface area contributed by atoms with Crippen LogP contribution in [-0.4, -0.2) is 6.54 Å². The average Bonchev–Trinajstić information content (AvgIpc) is 3.60. The van der Waals surface area contributed by atoms with E-state index in [1.807, 2.05) is 18.2 Å². The van der Waals surface area contributed by atoms with E-state index in [2.05, 4.69) is 164 Å². The molecule has 0 atom stereocenters. The van der Waals surface area contributed by atoms with Gasteiger partial charge in [-0.25, -0.2) is 0 Å². The molecule has 0 aliphatic rings. The van der Waals surface area contributed by atoms with Gasteiger partial charge in [0.2, 0.25) is 0 Å². The molecule has 2 aromatic rings. The molecule has 87 heavy (non-hydrogen) atoms. The van der Waals surface area contributed by atoms with Crippen LogP contribution in [0.1, 0.15) is 429 Å². The zero-order valence-corrected chi connectivity index (χ0v) is 62.8. The monoisotopic (exact) mass is 1210 g/mol. The van der Waals surface area contributed by atoms with Gasteiger partial charge in [0.05, 0.1) is 0 Å². The Morgan fingerprint density at radius 2 is 0.632 bits per heavy atom. The molecule has 0 saturated carbocycles. The van der Waals surface area contributed by atoms with Gasteiger partial charge < -0.3 is 5.32 Å². The maximum Gasteiger partial charge on any atom is 0.0357 e. The van der Waals surface area contributed by atoms with Crippen molar-refractivity contribution in [2.45, 2.75) is 431 Å². The first-order valence-electron chi connectivity index (χ1n) is 39.2. The molecule has 0 bridgehead atoms. The molecule has 2 rings (SSSR count). The van der Waals surface area contributed by atoms with Crippen molar-refractivity contribution in [1.29, 1.82) is 0 Å². The Morgan fingerprint density at radius 3 is 0.897 bits per heavy atom. The van der Waals surface area contributed by atoms with E-state index in [0.717, 1.165) is 18.9 Å². The molecule has 0 radical (unpaired) electrons. The minimum Gasteiger partial charge on any atom is -0.381 e. The van der Waals surface area contributed by atoms with Crippen molar-refractivity contribution >= 4 is 5.69 Å². The van der Waals surface area contributed by atoms with Crippen molar-refractivity contribution in [1.82, 2.24) is 0 Å². The molecule has 2 aromatic carbocycles. The second kappa shape index (κ2) is 81.5. The smallest absolute Gasteiger partial charge is 0.0357 e. The minimum absolute atomic E-state index is 0.848. The Hall–Kier alpha value is -2.54. The van der Waals surface area contributed by atoms with Crippen molar-refractivity contribution in [3.63, 3.8) is 0 Å². The number of anilines is 1. The quantitative estimate of drug-likeness (QED) is 0.0514. The molecule has 0 heterocycles. The zero-order chi connectivity index (χ0) is 65.0. The normalized spacial score (nSPS) is 11.0. The first kappa shape index (κ1) is 90.9. The summed E-state index contributed by atoms with van der Waals surface area (Å²) in [6, 6.07) is 19.1. The third-order valence-electron chi connectivity index (χ3n) is 16.6. The Morgan fingerprint density at radius 1 is 0.333 bits per heavy atom. The summed E-state index contributed by atoms with van der Waals surface area (Å²) in [5.41, 5.74) is 8.31. The fourth-order valence-corrected chi connectivity index (χ4v) is 10.7. The Kier molecular flexibility index (Phi) is 85.1. The zero-order valence-electron chi connectivity index (χ0n) is 62.8. The van der Waals surface area contributed by atoms with Crippen LogP contribution in [-0.2, 0) is 6.42 Å². The molecule has 0 unspecified atom stereocenters. The Bertz CT molecular complexity index is 1560. The van der Waals surface area contributed by atoms with Crippen LogP contribution in [0.3, 0.4) is 0 Å². The summed E-state index contributed by atoms with van der Waals surface area (Å²) < 4.78 is 0.